The number of carboxylic acid groups (broad SMARTS) is 1. The Hall–Kier alpha value is -1.10. The number of rotatable bonds is 3. The fourth-order valence-corrected chi connectivity index (χ4v) is 1.95. The molecule has 0 aromatic carbocycles. The first kappa shape index (κ1) is 14.0. The summed E-state index contributed by atoms with van der Waals surface area (Å²) in [5, 5.41) is 12.3. The molecule has 2 unspecified atom stereocenters. The van der Waals surface area contributed by atoms with Gasteiger partial charge in [-0.1, -0.05) is 6.92 Å². The van der Waals surface area contributed by atoms with E-state index in [1.807, 2.05) is 0 Å². The van der Waals surface area contributed by atoms with Crippen LogP contribution in [-0.2, 0) is 9.59 Å². The maximum absolute atomic E-state index is 12.2. The number of piperidine rings is 1. The molecule has 1 fully saturated rings. The van der Waals surface area contributed by atoms with E-state index in [-0.39, 0.29) is 11.9 Å². The van der Waals surface area contributed by atoms with E-state index in [0.29, 0.717) is 5.92 Å². The van der Waals surface area contributed by atoms with Gasteiger partial charge in [0.2, 0.25) is 5.91 Å². The van der Waals surface area contributed by atoms with Gasteiger partial charge in [-0.15, -0.1) is 0 Å². The highest BCUT2D eigenvalue weighted by molar-refractivity contribution is 5.89. The molecule has 17 heavy (non-hydrogen) atoms. The monoisotopic (exact) mass is 242 g/mol. The Morgan fingerprint density at radius 2 is 2.00 bits per heavy atom. The third-order valence-electron chi connectivity index (χ3n) is 3.66. The van der Waals surface area contributed by atoms with Crippen LogP contribution in [0.15, 0.2) is 0 Å². The molecule has 1 aliphatic rings. The normalized spacial score (nSPS) is 25.4. The third kappa shape index (κ3) is 2.97. The highest BCUT2D eigenvalue weighted by Crippen LogP contribution is 2.20. The van der Waals surface area contributed by atoms with E-state index in [1.54, 1.807) is 20.9 Å². The molecule has 0 aromatic rings. The number of carbonyl (C=O) groups excluding carboxylic acids is 1. The molecule has 1 heterocycles. The Bertz CT molecular complexity index is 315. The summed E-state index contributed by atoms with van der Waals surface area (Å²) in [6.07, 6.45) is 1.84. The molecule has 5 heteroatoms. The number of nitrogens with one attached hydrogen (secondary N) is 1. The predicted octanol–water partition coefficient (Wildman–Crippen LogP) is 0.696. The van der Waals surface area contributed by atoms with Crippen molar-refractivity contribution in [2.75, 3.05) is 13.6 Å². The van der Waals surface area contributed by atoms with Gasteiger partial charge in [-0.3, -0.25) is 4.79 Å². The summed E-state index contributed by atoms with van der Waals surface area (Å²) in [5.41, 5.74) is -1.17. The predicted molar refractivity (Wildman–Crippen MR) is 64.7 cm³/mol. The van der Waals surface area contributed by atoms with Crippen LogP contribution in [0.3, 0.4) is 0 Å². The van der Waals surface area contributed by atoms with Crippen LogP contribution in [-0.4, -0.2) is 47.1 Å². The molecule has 1 rings (SSSR count). The molecule has 98 valence electrons. The quantitative estimate of drug-likeness (QED) is 0.764. The van der Waals surface area contributed by atoms with Crippen LogP contribution in [0, 0.1) is 5.92 Å². The van der Waals surface area contributed by atoms with Crippen molar-refractivity contribution in [1.29, 1.82) is 0 Å². The van der Waals surface area contributed by atoms with Crippen LogP contribution in [0.5, 0.6) is 0 Å². The standard InChI is InChI=1S/C12H22N2O3/c1-8-5-6-13-9(7-8)10(15)14(4)12(2,3)11(16)17/h8-9,13H,5-7H2,1-4H3,(H,16,17). The molecule has 2 atom stereocenters. The second-order valence-corrected chi connectivity index (χ2v) is 5.40. The lowest BCUT2D eigenvalue weighted by atomic mass is 9.92. The van der Waals surface area contributed by atoms with E-state index in [0.717, 1.165) is 19.4 Å². The first-order chi connectivity index (χ1) is 7.76. The zero-order valence-corrected chi connectivity index (χ0v) is 11.0. The maximum Gasteiger partial charge on any atom is 0.329 e. The second kappa shape index (κ2) is 5.04. The minimum atomic E-state index is -1.17. The molecule has 1 aliphatic heterocycles. The van der Waals surface area contributed by atoms with Crippen molar-refractivity contribution in [2.45, 2.75) is 45.2 Å². The number of hydrogen-bond acceptors (Lipinski definition) is 3. The zero-order valence-electron chi connectivity index (χ0n) is 11.0. The van der Waals surface area contributed by atoms with Gasteiger partial charge in [-0.25, -0.2) is 4.79 Å². The van der Waals surface area contributed by atoms with E-state index in [9.17, 15) is 9.59 Å². The van der Waals surface area contributed by atoms with Crippen LogP contribution in [0.4, 0.5) is 0 Å². The first-order valence-corrected chi connectivity index (χ1v) is 6.01. The Kier molecular flexibility index (Phi) is 4.14. The van der Waals surface area contributed by atoms with E-state index in [1.165, 1.54) is 4.90 Å². The topological polar surface area (TPSA) is 69.6 Å². The summed E-state index contributed by atoms with van der Waals surface area (Å²) in [5.74, 6) is -0.618. The minimum absolute atomic E-state index is 0.135. The van der Waals surface area contributed by atoms with Gasteiger partial charge in [0.15, 0.2) is 0 Å². The summed E-state index contributed by atoms with van der Waals surface area (Å²) >= 11 is 0. The lowest BCUT2D eigenvalue weighted by molar-refractivity contribution is -0.156. The van der Waals surface area contributed by atoms with Crippen LogP contribution in [0.1, 0.15) is 33.6 Å². The van der Waals surface area contributed by atoms with Crippen molar-refractivity contribution in [3.8, 4) is 0 Å². The van der Waals surface area contributed by atoms with Crippen LogP contribution < -0.4 is 5.32 Å². The molecule has 0 aromatic heterocycles. The first-order valence-electron chi connectivity index (χ1n) is 6.01. The summed E-state index contributed by atoms with van der Waals surface area (Å²) < 4.78 is 0. The molecule has 0 saturated carbocycles. The average molecular weight is 242 g/mol. The SMILES string of the molecule is CC1CCNC(C(=O)N(C)C(C)(C)C(=O)O)C1. The Balaban J connectivity index is 2.72. The zero-order chi connectivity index (χ0) is 13.2. The molecule has 1 amide bonds. The van der Waals surface area contributed by atoms with Crippen molar-refractivity contribution in [3.63, 3.8) is 0 Å². The van der Waals surface area contributed by atoms with Gasteiger partial charge in [-0.2, -0.15) is 0 Å². The average Bonchev–Trinajstić information content (AvgIpc) is 2.26. The number of nitrogens with zero attached hydrogens (tertiary/aromatic N) is 1. The molecule has 0 spiro atoms. The molecule has 5 nitrogen and oxygen atoms in total. The number of carboxylic acids is 1. The molecular formula is C12H22N2O3. The lowest BCUT2D eigenvalue weighted by Gasteiger charge is -2.36. The van der Waals surface area contributed by atoms with Gasteiger partial charge < -0.3 is 15.3 Å². The summed E-state index contributed by atoms with van der Waals surface area (Å²) in [7, 11) is 1.55. The smallest absolute Gasteiger partial charge is 0.329 e. The summed E-state index contributed by atoms with van der Waals surface area (Å²) in [6, 6.07) is -0.248. The minimum Gasteiger partial charge on any atom is -0.480 e. The molecule has 0 bridgehead atoms. The summed E-state index contributed by atoms with van der Waals surface area (Å²) in [4.78, 5) is 24.6. The highest BCUT2D eigenvalue weighted by atomic mass is 16.4. The Labute approximate surface area is 102 Å². The van der Waals surface area contributed by atoms with Gasteiger partial charge in [0, 0.05) is 7.05 Å². The number of aliphatic carboxylic acids is 1. The van der Waals surface area contributed by atoms with E-state index in [2.05, 4.69) is 12.2 Å². The van der Waals surface area contributed by atoms with Gasteiger partial charge in [0.1, 0.15) is 5.54 Å². The highest BCUT2D eigenvalue weighted by Gasteiger charge is 2.38. The largest absolute Gasteiger partial charge is 0.480 e. The third-order valence-corrected chi connectivity index (χ3v) is 3.66. The molecule has 0 radical (unpaired) electrons. The molecule has 2 N–H and O–H groups in total. The van der Waals surface area contributed by atoms with Crippen LogP contribution in [0.25, 0.3) is 0 Å². The molecule has 1 saturated heterocycles. The Morgan fingerprint density at radius 1 is 1.41 bits per heavy atom. The maximum atomic E-state index is 12.2. The Morgan fingerprint density at radius 3 is 2.47 bits per heavy atom. The molecular weight excluding hydrogens is 220 g/mol. The van der Waals surface area contributed by atoms with Gasteiger partial charge in [-0.05, 0) is 39.2 Å². The van der Waals surface area contributed by atoms with Gasteiger partial charge in [0.05, 0.1) is 6.04 Å². The fraction of sp³-hybridized carbons (Fsp3) is 0.833. The molecule has 0 aliphatic carbocycles. The van der Waals surface area contributed by atoms with E-state index < -0.39 is 11.5 Å². The number of carbonyl (C=O) groups is 2. The van der Waals surface area contributed by atoms with Crippen molar-refractivity contribution in [3.05, 3.63) is 0 Å². The number of hydrogen-bond donors (Lipinski definition) is 2. The number of likely N-dealkylation sites (N-methyl/N-ethyl adjacent to an activating group) is 1. The van der Waals surface area contributed by atoms with Crippen molar-refractivity contribution >= 4 is 11.9 Å². The summed E-state index contributed by atoms with van der Waals surface area (Å²) in [6.45, 7) is 6.02. The van der Waals surface area contributed by atoms with E-state index >= 15 is 0 Å². The van der Waals surface area contributed by atoms with Crippen molar-refractivity contribution < 1.29 is 14.7 Å². The fourth-order valence-electron chi connectivity index (χ4n) is 1.95. The van der Waals surface area contributed by atoms with Gasteiger partial charge in [0.25, 0.3) is 0 Å². The number of amides is 1. The van der Waals surface area contributed by atoms with Crippen molar-refractivity contribution in [2.24, 2.45) is 5.92 Å². The van der Waals surface area contributed by atoms with Gasteiger partial charge >= 0.3 is 5.97 Å². The van der Waals surface area contributed by atoms with Crippen molar-refractivity contribution in [1.82, 2.24) is 10.2 Å². The van der Waals surface area contributed by atoms with Crippen LogP contribution >= 0.6 is 0 Å². The second-order valence-electron chi connectivity index (χ2n) is 5.40. The lowest BCUT2D eigenvalue weighted by Crippen LogP contribution is -2.57. The van der Waals surface area contributed by atoms with Crippen LogP contribution in [0.2, 0.25) is 0 Å². The van der Waals surface area contributed by atoms with E-state index in [4.69, 9.17) is 5.11 Å².